The first-order chi connectivity index (χ1) is 13.2. The number of nitrogens with zero attached hydrogens (tertiary/aromatic N) is 3. The van der Waals surface area contributed by atoms with E-state index < -0.39 is 0 Å². The number of piperidine rings is 1. The molecular weight excluding hydrogens is 354 g/mol. The summed E-state index contributed by atoms with van der Waals surface area (Å²) in [6.45, 7) is 3.96. The summed E-state index contributed by atoms with van der Waals surface area (Å²) in [5.41, 5.74) is 3.60. The minimum absolute atomic E-state index is 0.195. The van der Waals surface area contributed by atoms with E-state index in [-0.39, 0.29) is 5.91 Å². The number of fused-ring (bicyclic) bond motifs is 1. The number of amides is 1. The number of benzene rings is 2. The van der Waals surface area contributed by atoms with Crippen LogP contribution in [0, 0.1) is 5.92 Å². The van der Waals surface area contributed by atoms with Gasteiger partial charge in [0.2, 0.25) is 5.91 Å². The summed E-state index contributed by atoms with van der Waals surface area (Å²) in [5.74, 6) is 1.19. The maximum atomic E-state index is 12.7. The molecule has 4 rings (SSSR count). The fourth-order valence-electron chi connectivity index (χ4n) is 3.51. The van der Waals surface area contributed by atoms with Crippen molar-refractivity contribution in [2.45, 2.75) is 24.8 Å². The van der Waals surface area contributed by atoms with Crippen molar-refractivity contribution in [2.24, 2.45) is 5.92 Å². The van der Waals surface area contributed by atoms with Gasteiger partial charge in [0.25, 0.3) is 0 Å². The Morgan fingerprint density at radius 1 is 1.07 bits per heavy atom. The summed E-state index contributed by atoms with van der Waals surface area (Å²) in [5, 5.41) is 0.818. The summed E-state index contributed by atoms with van der Waals surface area (Å²) >= 11 is 1.49. The number of likely N-dealkylation sites (tertiary alicyclic amines) is 1. The molecule has 1 fully saturated rings. The molecule has 1 aromatic heterocycles. The van der Waals surface area contributed by atoms with Gasteiger partial charge in [0.05, 0.1) is 16.8 Å². The summed E-state index contributed by atoms with van der Waals surface area (Å²) < 4.78 is 0. The van der Waals surface area contributed by atoms with Crippen LogP contribution in [-0.4, -0.2) is 39.6 Å². The van der Waals surface area contributed by atoms with Crippen LogP contribution in [0.1, 0.15) is 19.8 Å². The van der Waals surface area contributed by atoms with Gasteiger partial charge in [-0.3, -0.25) is 4.79 Å². The Balaban J connectivity index is 1.61. The van der Waals surface area contributed by atoms with E-state index in [1.165, 1.54) is 18.2 Å². The number of aromatic nitrogens is 2. The molecule has 1 atom stereocenters. The quantitative estimate of drug-likeness (QED) is 0.621. The fraction of sp³-hybridized carbons (Fsp3) is 0.318. The highest BCUT2D eigenvalue weighted by Gasteiger charge is 2.22. The third-order valence-electron chi connectivity index (χ3n) is 4.93. The lowest BCUT2D eigenvalue weighted by molar-refractivity contribution is -0.130. The van der Waals surface area contributed by atoms with E-state index in [9.17, 15) is 4.79 Å². The molecule has 0 aliphatic carbocycles. The lowest BCUT2D eigenvalue weighted by atomic mass is 10.0. The average Bonchev–Trinajstić information content (AvgIpc) is 2.72. The monoisotopic (exact) mass is 377 g/mol. The van der Waals surface area contributed by atoms with Crippen molar-refractivity contribution in [3.8, 4) is 11.3 Å². The number of carbonyl (C=O) groups excluding carboxylic acids is 1. The molecule has 0 unspecified atom stereocenters. The summed E-state index contributed by atoms with van der Waals surface area (Å²) in [6, 6.07) is 18.0. The normalized spacial score (nSPS) is 17.2. The molecule has 3 aromatic rings. The van der Waals surface area contributed by atoms with E-state index in [0.717, 1.165) is 46.8 Å². The van der Waals surface area contributed by atoms with Crippen LogP contribution in [0.15, 0.2) is 59.6 Å². The Kier molecular flexibility index (Phi) is 5.39. The number of carbonyl (C=O) groups is 1. The molecular formula is C22H23N3OS. The van der Waals surface area contributed by atoms with Crippen LogP contribution in [0.2, 0.25) is 0 Å². The Hall–Kier alpha value is -2.40. The molecule has 5 heteroatoms. The number of para-hydroxylation sites is 2. The van der Waals surface area contributed by atoms with Gasteiger partial charge in [-0.25, -0.2) is 9.97 Å². The number of thioether (sulfide) groups is 1. The molecule has 1 amide bonds. The van der Waals surface area contributed by atoms with E-state index in [1.54, 1.807) is 0 Å². The van der Waals surface area contributed by atoms with Crippen LogP contribution >= 0.6 is 11.8 Å². The number of hydrogen-bond acceptors (Lipinski definition) is 4. The first kappa shape index (κ1) is 18.0. The van der Waals surface area contributed by atoms with E-state index in [2.05, 4.69) is 6.92 Å². The van der Waals surface area contributed by atoms with Crippen molar-refractivity contribution >= 4 is 28.7 Å². The lowest BCUT2D eigenvalue weighted by Crippen LogP contribution is -2.40. The lowest BCUT2D eigenvalue weighted by Gasteiger charge is -2.30. The SMILES string of the molecule is C[C@H]1CCCN(C(=O)CSc2nc3ccccc3nc2-c2ccccc2)C1. The van der Waals surface area contributed by atoms with Gasteiger partial charge < -0.3 is 4.90 Å². The topological polar surface area (TPSA) is 46.1 Å². The summed E-state index contributed by atoms with van der Waals surface area (Å²) in [7, 11) is 0. The number of rotatable bonds is 4. The second-order valence-corrected chi connectivity index (χ2v) is 8.07. The van der Waals surface area contributed by atoms with E-state index in [0.29, 0.717) is 11.7 Å². The molecule has 4 nitrogen and oxygen atoms in total. The molecule has 138 valence electrons. The van der Waals surface area contributed by atoms with Gasteiger partial charge in [0.1, 0.15) is 10.7 Å². The minimum atomic E-state index is 0.195. The van der Waals surface area contributed by atoms with Crippen molar-refractivity contribution in [1.82, 2.24) is 14.9 Å². The second kappa shape index (κ2) is 8.09. The van der Waals surface area contributed by atoms with Gasteiger partial charge >= 0.3 is 0 Å². The third-order valence-corrected chi connectivity index (χ3v) is 5.88. The predicted octanol–water partition coefficient (Wildman–Crippen LogP) is 4.65. The Morgan fingerprint density at radius 3 is 2.52 bits per heavy atom. The van der Waals surface area contributed by atoms with Crippen LogP contribution in [0.3, 0.4) is 0 Å². The second-order valence-electron chi connectivity index (χ2n) is 7.11. The molecule has 1 saturated heterocycles. The Bertz CT molecular complexity index is 945. The third kappa shape index (κ3) is 4.14. The highest BCUT2D eigenvalue weighted by atomic mass is 32.2. The summed E-state index contributed by atoms with van der Waals surface area (Å²) in [6.07, 6.45) is 2.31. The zero-order valence-electron chi connectivity index (χ0n) is 15.5. The molecule has 1 aliphatic heterocycles. The molecule has 2 aromatic carbocycles. The van der Waals surface area contributed by atoms with Crippen molar-refractivity contribution in [1.29, 1.82) is 0 Å². The Labute approximate surface area is 164 Å². The van der Waals surface area contributed by atoms with Crippen molar-refractivity contribution in [3.05, 3.63) is 54.6 Å². The zero-order chi connectivity index (χ0) is 18.6. The van der Waals surface area contributed by atoms with Crippen molar-refractivity contribution in [2.75, 3.05) is 18.8 Å². The Morgan fingerprint density at radius 2 is 1.78 bits per heavy atom. The summed E-state index contributed by atoms with van der Waals surface area (Å²) in [4.78, 5) is 24.3. The molecule has 1 aliphatic rings. The highest BCUT2D eigenvalue weighted by molar-refractivity contribution is 8.00. The van der Waals surface area contributed by atoms with Crippen molar-refractivity contribution in [3.63, 3.8) is 0 Å². The first-order valence-electron chi connectivity index (χ1n) is 9.43. The van der Waals surface area contributed by atoms with Crippen molar-refractivity contribution < 1.29 is 4.79 Å². The molecule has 0 N–H and O–H groups in total. The van der Waals surface area contributed by atoms with Gasteiger partial charge in [-0.1, -0.05) is 61.2 Å². The van der Waals surface area contributed by atoms with Gasteiger partial charge in [-0.15, -0.1) is 0 Å². The average molecular weight is 378 g/mol. The highest BCUT2D eigenvalue weighted by Crippen LogP contribution is 2.30. The minimum Gasteiger partial charge on any atom is -0.342 e. The van der Waals surface area contributed by atoms with Crippen LogP contribution in [-0.2, 0) is 4.79 Å². The van der Waals surface area contributed by atoms with Crippen LogP contribution in [0.4, 0.5) is 0 Å². The smallest absolute Gasteiger partial charge is 0.232 e. The first-order valence-corrected chi connectivity index (χ1v) is 10.4. The van der Waals surface area contributed by atoms with Gasteiger partial charge in [0.15, 0.2) is 0 Å². The molecule has 0 radical (unpaired) electrons. The van der Waals surface area contributed by atoms with E-state index in [1.807, 2.05) is 59.5 Å². The van der Waals surface area contributed by atoms with Gasteiger partial charge in [-0.2, -0.15) is 0 Å². The largest absolute Gasteiger partial charge is 0.342 e. The molecule has 0 bridgehead atoms. The maximum absolute atomic E-state index is 12.7. The zero-order valence-corrected chi connectivity index (χ0v) is 16.3. The molecule has 27 heavy (non-hydrogen) atoms. The fourth-order valence-corrected chi connectivity index (χ4v) is 4.41. The molecule has 0 saturated carbocycles. The van der Waals surface area contributed by atoms with Crippen LogP contribution in [0.25, 0.3) is 22.3 Å². The molecule has 2 heterocycles. The van der Waals surface area contributed by atoms with Gasteiger partial charge in [0, 0.05) is 18.7 Å². The van der Waals surface area contributed by atoms with E-state index in [4.69, 9.17) is 9.97 Å². The standard InChI is InChI=1S/C22H23N3OS/c1-16-8-7-13-25(14-16)20(26)15-27-22-21(17-9-3-2-4-10-17)23-18-11-5-6-12-19(18)24-22/h2-6,9-12,16H,7-8,13-15H2,1H3/t16-/m0/s1. The van der Waals surface area contributed by atoms with Crippen LogP contribution in [0.5, 0.6) is 0 Å². The maximum Gasteiger partial charge on any atom is 0.232 e. The predicted molar refractivity (Wildman–Crippen MR) is 111 cm³/mol. The van der Waals surface area contributed by atoms with Gasteiger partial charge in [-0.05, 0) is 30.9 Å². The van der Waals surface area contributed by atoms with Crippen LogP contribution < -0.4 is 0 Å². The van der Waals surface area contributed by atoms with E-state index >= 15 is 0 Å². The number of hydrogen-bond donors (Lipinski definition) is 0. The molecule has 0 spiro atoms.